The van der Waals surface area contributed by atoms with Crippen LogP contribution < -0.4 is 24.8 Å². The summed E-state index contributed by atoms with van der Waals surface area (Å²) in [6.07, 6.45) is 4.96. The van der Waals surface area contributed by atoms with Crippen LogP contribution in [-0.4, -0.2) is 9.13 Å². The van der Waals surface area contributed by atoms with E-state index in [1.54, 1.807) is 0 Å². The Morgan fingerprint density at radius 2 is 0.902 bits per heavy atom. The van der Waals surface area contributed by atoms with E-state index in [-0.39, 0.29) is 24.8 Å². The number of hydrogen-bond donors (Lipinski definition) is 0. The molecule has 0 spiro atoms. The fraction of sp³-hybridized carbons (Fsp3) is 0.111. The smallest absolute Gasteiger partial charge is 1.00 e. The monoisotopic (exact) mass is 738 g/mol. The van der Waals surface area contributed by atoms with E-state index in [1.807, 2.05) is 0 Å². The van der Waals surface area contributed by atoms with Gasteiger partial charge in [0.15, 0.2) is 0 Å². The van der Waals surface area contributed by atoms with Gasteiger partial charge in [0.25, 0.3) is 0 Å². The van der Waals surface area contributed by atoms with Crippen molar-refractivity contribution >= 4 is 45.4 Å². The number of fused-ring (bicyclic) bond motifs is 4. The van der Waals surface area contributed by atoms with Crippen molar-refractivity contribution in [3.63, 3.8) is 0 Å². The maximum absolute atomic E-state index is 2.55. The van der Waals surface area contributed by atoms with Crippen molar-refractivity contribution in [2.24, 2.45) is 0 Å². The van der Waals surface area contributed by atoms with Crippen LogP contribution in [0, 0.1) is 13.8 Å². The quantitative estimate of drug-likeness (QED) is 0.247. The van der Waals surface area contributed by atoms with Crippen molar-refractivity contribution in [3.8, 4) is 0 Å². The third kappa shape index (κ3) is 4.41. The predicted molar refractivity (Wildman–Crippen MR) is 160 cm³/mol. The third-order valence-electron chi connectivity index (χ3n) is 8.45. The molecule has 0 fully saturated rings. The van der Waals surface area contributed by atoms with Crippen LogP contribution in [0.4, 0.5) is 0 Å². The van der Waals surface area contributed by atoms with Gasteiger partial charge in [0.1, 0.15) is 0 Å². The molecule has 0 bridgehead atoms. The maximum atomic E-state index is 2.55. The molecule has 2 heterocycles. The Kier molecular flexibility index (Phi) is 7.48. The molecule has 2 aliphatic rings. The van der Waals surface area contributed by atoms with Crippen LogP contribution in [0.1, 0.15) is 41.0 Å². The number of aromatic nitrogens is 2. The molecular formula is C36H28Cl2HfN2. The predicted octanol–water partition coefficient (Wildman–Crippen LogP) is 3.11. The van der Waals surface area contributed by atoms with Gasteiger partial charge in [-0.05, 0) is 0 Å². The van der Waals surface area contributed by atoms with Gasteiger partial charge in [0.05, 0.1) is 0 Å². The summed E-state index contributed by atoms with van der Waals surface area (Å²) in [6.45, 7) is 4.53. The Bertz CT molecular complexity index is 1850. The number of nitrogens with zero attached hydrogens (tertiary/aromatic N) is 2. The largest absolute Gasteiger partial charge is 1.00 e. The minimum atomic E-state index is -1.44. The van der Waals surface area contributed by atoms with E-state index in [2.05, 4.69) is 144 Å². The summed E-state index contributed by atoms with van der Waals surface area (Å²) in [6, 6.07) is 40.6. The fourth-order valence-electron chi connectivity index (χ4n) is 6.79. The van der Waals surface area contributed by atoms with Gasteiger partial charge in [-0.1, -0.05) is 0 Å². The van der Waals surface area contributed by atoms with Crippen LogP contribution in [0.5, 0.6) is 0 Å². The van der Waals surface area contributed by atoms with E-state index in [9.17, 15) is 0 Å². The first-order valence-electron chi connectivity index (χ1n) is 13.7. The second-order valence-electron chi connectivity index (χ2n) is 10.8. The molecule has 2 nitrogen and oxygen atoms in total. The molecule has 2 aromatic heterocycles. The van der Waals surface area contributed by atoms with Crippen molar-refractivity contribution in [1.29, 1.82) is 0 Å². The van der Waals surface area contributed by atoms with Crippen molar-refractivity contribution in [2.45, 2.75) is 21.2 Å². The number of aryl methyl sites for hydroxylation is 2. The molecule has 8 rings (SSSR count). The van der Waals surface area contributed by atoms with Crippen LogP contribution in [-0.2, 0) is 22.9 Å². The number of halogens is 2. The Morgan fingerprint density at radius 1 is 0.512 bits per heavy atom. The van der Waals surface area contributed by atoms with E-state index in [1.165, 1.54) is 66.8 Å². The summed E-state index contributed by atoms with van der Waals surface area (Å²) in [4.78, 5) is 0. The summed E-state index contributed by atoms with van der Waals surface area (Å²) in [5, 5.41) is 2.64. The Hall–Kier alpha value is -3.11. The summed E-state index contributed by atoms with van der Waals surface area (Å²) in [5.41, 5.74) is 14.0. The molecule has 200 valence electrons. The van der Waals surface area contributed by atoms with Crippen LogP contribution in [0.15, 0.2) is 109 Å². The first-order chi connectivity index (χ1) is 19.2. The SMILES string of the molecule is Cc1cc2ccccc2n1C1=Cc2ccccc2[CH]1[Hf+2][CH]1C(n2c(C)cc3ccccc32)=Cc2ccccc21.[Cl-].[Cl-]. The van der Waals surface area contributed by atoms with Gasteiger partial charge in [0.2, 0.25) is 0 Å². The molecule has 41 heavy (non-hydrogen) atoms. The first-order valence-corrected chi connectivity index (χ1v) is 17.8. The zero-order valence-electron chi connectivity index (χ0n) is 22.9. The van der Waals surface area contributed by atoms with E-state index in [4.69, 9.17) is 0 Å². The topological polar surface area (TPSA) is 9.86 Å². The average Bonchev–Trinajstić information content (AvgIpc) is 3.68. The fourth-order valence-corrected chi connectivity index (χ4v) is 13.9. The average molecular weight is 738 g/mol. The molecular weight excluding hydrogens is 710 g/mol. The summed E-state index contributed by atoms with van der Waals surface area (Å²) in [7, 11) is 0. The second kappa shape index (κ2) is 10.9. The van der Waals surface area contributed by atoms with Crippen LogP contribution >= 0.6 is 0 Å². The van der Waals surface area contributed by atoms with Crippen molar-refractivity contribution in [1.82, 2.24) is 9.13 Å². The minimum absolute atomic E-state index is 0. The molecule has 0 saturated heterocycles. The van der Waals surface area contributed by atoms with Gasteiger partial charge >= 0.3 is 241 Å². The molecule has 2 aliphatic carbocycles. The van der Waals surface area contributed by atoms with Gasteiger partial charge in [-0.25, -0.2) is 0 Å². The maximum Gasteiger partial charge on any atom is -1.00 e. The number of para-hydroxylation sites is 2. The molecule has 2 atom stereocenters. The molecule has 4 aromatic carbocycles. The van der Waals surface area contributed by atoms with Crippen LogP contribution in [0.3, 0.4) is 0 Å². The standard InChI is InChI=1S/2C18H14N.2ClH.Hf/c2*1-13-10-16-8-4-5-9-18(16)19(13)17-11-14-6-2-3-7-15(14)12-17;;;/h2*2-12H,1H3;2*1H;/q;;;;+2/p-2. The van der Waals surface area contributed by atoms with Crippen LogP contribution in [0.25, 0.3) is 45.4 Å². The number of hydrogen-bond acceptors (Lipinski definition) is 0. The molecule has 2 unspecified atom stereocenters. The van der Waals surface area contributed by atoms with Gasteiger partial charge in [-0.3, -0.25) is 0 Å². The van der Waals surface area contributed by atoms with Crippen molar-refractivity contribution < 1.29 is 47.7 Å². The van der Waals surface area contributed by atoms with Gasteiger partial charge in [-0.2, -0.15) is 0 Å². The molecule has 6 aromatic rings. The Morgan fingerprint density at radius 3 is 1.37 bits per heavy atom. The Balaban J connectivity index is 0.00000151. The second-order valence-corrected chi connectivity index (χ2v) is 16.1. The van der Waals surface area contributed by atoms with E-state index >= 15 is 0 Å². The van der Waals surface area contributed by atoms with E-state index in [0.29, 0.717) is 7.35 Å². The summed E-state index contributed by atoms with van der Waals surface area (Å²) >= 11 is -1.44. The first kappa shape index (κ1) is 28.0. The van der Waals surface area contributed by atoms with Crippen molar-refractivity contribution in [2.75, 3.05) is 0 Å². The van der Waals surface area contributed by atoms with Crippen molar-refractivity contribution in [3.05, 3.63) is 143 Å². The number of benzene rings is 4. The van der Waals surface area contributed by atoms with Crippen LogP contribution in [0.2, 0.25) is 0 Å². The molecule has 0 aliphatic heterocycles. The molecule has 0 amide bonds. The molecule has 0 N–H and O–H groups in total. The summed E-state index contributed by atoms with van der Waals surface area (Å²) in [5.74, 6) is 0. The van der Waals surface area contributed by atoms with Gasteiger partial charge in [-0.15, -0.1) is 0 Å². The zero-order valence-corrected chi connectivity index (χ0v) is 28.0. The molecule has 0 saturated carbocycles. The summed E-state index contributed by atoms with van der Waals surface area (Å²) < 4.78 is 6.07. The normalized spacial score (nSPS) is 16.8. The third-order valence-corrected chi connectivity index (χ3v) is 15.2. The van der Waals surface area contributed by atoms with E-state index in [0.717, 1.165) is 0 Å². The molecule has 0 radical (unpaired) electrons. The number of rotatable bonds is 4. The number of allylic oxidation sites excluding steroid dienone is 2. The van der Waals surface area contributed by atoms with Gasteiger partial charge < -0.3 is 24.8 Å². The van der Waals surface area contributed by atoms with E-state index < -0.39 is 22.9 Å². The minimum Gasteiger partial charge on any atom is -1.00 e. The van der Waals surface area contributed by atoms with Gasteiger partial charge in [0, 0.05) is 0 Å². The Labute approximate surface area is 264 Å². The molecule has 5 heteroatoms. The zero-order chi connectivity index (χ0) is 26.1.